The zero-order valence-corrected chi connectivity index (χ0v) is 12.0. The number of rotatable bonds is 3. The summed E-state index contributed by atoms with van der Waals surface area (Å²) in [6, 6.07) is 8.01. The molecule has 0 aliphatic carbocycles. The van der Waals surface area contributed by atoms with Gasteiger partial charge in [0.2, 0.25) is 11.8 Å². The summed E-state index contributed by atoms with van der Waals surface area (Å²) >= 11 is 0. The zero-order chi connectivity index (χ0) is 14.8. The monoisotopic (exact) mass is 274 g/mol. The predicted molar refractivity (Wildman–Crippen MR) is 76.1 cm³/mol. The normalized spacial score (nSPS) is 11.2. The molecule has 6 heteroatoms. The van der Waals surface area contributed by atoms with Crippen molar-refractivity contribution in [2.24, 2.45) is 0 Å². The van der Waals surface area contributed by atoms with Crippen molar-refractivity contribution < 1.29 is 9.53 Å². The van der Waals surface area contributed by atoms with Crippen LogP contribution in [0.4, 0.5) is 11.6 Å². The van der Waals surface area contributed by atoms with Crippen molar-refractivity contribution in [3.05, 3.63) is 35.7 Å². The first-order chi connectivity index (χ1) is 9.40. The maximum Gasteiger partial charge on any atom is 0.375 e. The number of aromatic nitrogens is 3. The van der Waals surface area contributed by atoms with E-state index in [1.54, 1.807) is 0 Å². The van der Waals surface area contributed by atoms with Crippen LogP contribution in [-0.2, 0) is 10.2 Å². The topological polar surface area (TPSA) is 79.9 Å². The molecule has 0 aliphatic rings. The van der Waals surface area contributed by atoms with Crippen LogP contribution in [0.25, 0.3) is 0 Å². The van der Waals surface area contributed by atoms with Crippen LogP contribution in [0.5, 0.6) is 0 Å². The van der Waals surface area contributed by atoms with Crippen LogP contribution in [0.2, 0.25) is 0 Å². The molecule has 1 heterocycles. The lowest BCUT2D eigenvalue weighted by Gasteiger charge is -2.19. The third-order valence-corrected chi connectivity index (χ3v) is 2.87. The van der Waals surface area contributed by atoms with Gasteiger partial charge in [-0.1, -0.05) is 32.9 Å². The van der Waals surface area contributed by atoms with Gasteiger partial charge in [-0.2, -0.15) is 4.98 Å². The van der Waals surface area contributed by atoms with Gasteiger partial charge in [0.05, 0.1) is 7.11 Å². The lowest BCUT2D eigenvalue weighted by Crippen LogP contribution is -2.10. The highest BCUT2D eigenvalue weighted by Gasteiger charge is 2.14. The van der Waals surface area contributed by atoms with Crippen LogP contribution < -0.4 is 5.32 Å². The largest absolute Gasteiger partial charge is 0.463 e. The number of ether oxygens (including phenoxy) is 1. The number of esters is 1. The van der Waals surface area contributed by atoms with Gasteiger partial charge in [0.15, 0.2) is 0 Å². The molecular formula is C14H18N4O2. The number of H-pyrrole nitrogens is 1. The van der Waals surface area contributed by atoms with Gasteiger partial charge >= 0.3 is 5.97 Å². The smallest absolute Gasteiger partial charge is 0.375 e. The molecule has 0 unspecified atom stereocenters. The highest BCUT2D eigenvalue weighted by Crippen LogP contribution is 2.24. The Hall–Kier alpha value is -2.37. The molecular weight excluding hydrogens is 256 g/mol. The van der Waals surface area contributed by atoms with Gasteiger partial charge in [-0.05, 0) is 23.1 Å². The van der Waals surface area contributed by atoms with Gasteiger partial charge in [0, 0.05) is 5.69 Å². The van der Waals surface area contributed by atoms with Crippen LogP contribution in [0.3, 0.4) is 0 Å². The summed E-state index contributed by atoms with van der Waals surface area (Å²) in [5.41, 5.74) is 2.21. The van der Waals surface area contributed by atoms with Gasteiger partial charge in [0.25, 0.3) is 0 Å². The van der Waals surface area contributed by atoms with E-state index in [9.17, 15) is 4.79 Å². The molecule has 0 saturated heterocycles. The molecule has 0 spiro atoms. The molecule has 1 aromatic carbocycles. The van der Waals surface area contributed by atoms with Crippen molar-refractivity contribution in [3.63, 3.8) is 0 Å². The summed E-state index contributed by atoms with van der Waals surface area (Å²) in [6.45, 7) is 6.48. The Morgan fingerprint density at radius 2 is 1.90 bits per heavy atom. The van der Waals surface area contributed by atoms with Crippen LogP contribution in [-0.4, -0.2) is 28.3 Å². The maximum absolute atomic E-state index is 11.3. The number of hydrogen-bond acceptors (Lipinski definition) is 5. The van der Waals surface area contributed by atoms with E-state index in [-0.39, 0.29) is 11.2 Å². The van der Waals surface area contributed by atoms with Crippen molar-refractivity contribution >= 4 is 17.6 Å². The van der Waals surface area contributed by atoms with E-state index in [1.807, 2.05) is 12.1 Å². The Morgan fingerprint density at radius 1 is 1.25 bits per heavy atom. The third-order valence-electron chi connectivity index (χ3n) is 2.87. The third kappa shape index (κ3) is 3.14. The van der Waals surface area contributed by atoms with Crippen LogP contribution >= 0.6 is 0 Å². The molecule has 6 nitrogen and oxygen atoms in total. The molecule has 0 atom stereocenters. The van der Waals surface area contributed by atoms with Crippen molar-refractivity contribution in [3.8, 4) is 0 Å². The van der Waals surface area contributed by atoms with Crippen molar-refractivity contribution in [1.82, 2.24) is 15.2 Å². The van der Waals surface area contributed by atoms with Gasteiger partial charge in [-0.25, -0.2) is 4.79 Å². The first-order valence-electron chi connectivity index (χ1n) is 6.28. The molecule has 1 aromatic heterocycles. The molecule has 20 heavy (non-hydrogen) atoms. The summed E-state index contributed by atoms with van der Waals surface area (Å²) in [5.74, 6) is -0.149. The Morgan fingerprint density at radius 3 is 2.45 bits per heavy atom. The summed E-state index contributed by atoms with van der Waals surface area (Å²) in [5, 5.41) is 9.44. The van der Waals surface area contributed by atoms with Crippen molar-refractivity contribution in [2.75, 3.05) is 12.4 Å². The lowest BCUT2D eigenvalue weighted by atomic mass is 9.87. The Kier molecular flexibility index (Phi) is 3.74. The summed E-state index contributed by atoms with van der Waals surface area (Å²) < 4.78 is 4.55. The van der Waals surface area contributed by atoms with Crippen LogP contribution in [0, 0.1) is 0 Å². The molecule has 2 N–H and O–H groups in total. The molecule has 2 aromatic rings. The number of hydrogen-bond donors (Lipinski definition) is 2. The second-order valence-corrected chi connectivity index (χ2v) is 5.45. The van der Waals surface area contributed by atoms with Crippen molar-refractivity contribution in [2.45, 2.75) is 26.2 Å². The summed E-state index contributed by atoms with van der Waals surface area (Å²) in [7, 11) is 1.29. The average molecular weight is 274 g/mol. The molecule has 0 aliphatic heterocycles. The number of anilines is 2. The number of carbonyl (C=O) groups excluding carboxylic acids is 1. The summed E-state index contributed by atoms with van der Waals surface area (Å²) in [4.78, 5) is 15.2. The standard InChI is InChI=1S/C14H18N4O2/c1-14(2,3)9-5-7-10(8-6-9)15-13-16-11(17-18-13)12(19)20-4/h5-8H,1-4H3,(H2,15,16,17,18). The van der Waals surface area contributed by atoms with Crippen molar-refractivity contribution in [1.29, 1.82) is 0 Å². The van der Waals surface area contributed by atoms with E-state index in [1.165, 1.54) is 12.7 Å². The number of methoxy groups -OCH3 is 1. The molecule has 0 radical (unpaired) electrons. The van der Waals surface area contributed by atoms with Crippen LogP contribution in [0.1, 0.15) is 37.0 Å². The number of nitrogens with zero attached hydrogens (tertiary/aromatic N) is 2. The van der Waals surface area contributed by atoms with E-state index in [0.717, 1.165) is 5.69 Å². The first kappa shape index (κ1) is 14.0. The number of benzene rings is 1. The zero-order valence-electron chi connectivity index (χ0n) is 12.0. The first-order valence-corrected chi connectivity index (χ1v) is 6.28. The fourth-order valence-electron chi connectivity index (χ4n) is 1.69. The summed E-state index contributed by atoms with van der Waals surface area (Å²) in [6.07, 6.45) is 0. The number of carbonyl (C=O) groups is 1. The van der Waals surface area contributed by atoms with Gasteiger partial charge in [-0.3, -0.25) is 5.10 Å². The van der Waals surface area contributed by atoms with E-state index in [2.05, 4.69) is 58.1 Å². The van der Waals surface area contributed by atoms with Gasteiger partial charge in [-0.15, -0.1) is 5.10 Å². The second-order valence-electron chi connectivity index (χ2n) is 5.45. The Labute approximate surface area is 117 Å². The van der Waals surface area contributed by atoms with E-state index >= 15 is 0 Å². The maximum atomic E-state index is 11.3. The predicted octanol–water partition coefficient (Wildman–Crippen LogP) is 2.63. The highest BCUT2D eigenvalue weighted by molar-refractivity contribution is 5.85. The second kappa shape index (κ2) is 5.32. The fourth-order valence-corrected chi connectivity index (χ4v) is 1.69. The Bertz CT molecular complexity index is 596. The highest BCUT2D eigenvalue weighted by atomic mass is 16.5. The molecule has 106 valence electrons. The molecule has 0 amide bonds. The minimum Gasteiger partial charge on any atom is -0.463 e. The van der Waals surface area contributed by atoms with E-state index in [0.29, 0.717) is 5.95 Å². The number of nitrogens with one attached hydrogen (secondary N) is 2. The fraction of sp³-hybridized carbons (Fsp3) is 0.357. The van der Waals surface area contributed by atoms with Gasteiger partial charge < -0.3 is 10.1 Å². The van der Waals surface area contributed by atoms with Crippen LogP contribution in [0.15, 0.2) is 24.3 Å². The number of aromatic amines is 1. The van der Waals surface area contributed by atoms with E-state index < -0.39 is 5.97 Å². The molecule has 0 bridgehead atoms. The molecule has 0 saturated carbocycles. The van der Waals surface area contributed by atoms with E-state index in [4.69, 9.17) is 0 Å². The quantitative estimate of drug-likeness (QED) is 0.841. The minimum absolute atomic E-state index is 0.0707. The Balaban J connectivity index is 2.10. The molecule has 2 rings (SSSR count). The van der Waals surface area contributed by atoms with Gasteiger partial charge in [0.1, 0.15) is 0 Å². The average Bonchev–Trinajstić information content (AvgIpc) is 2.86. The SMILES string of the molecule is COC(=O)c1nc(Nc2ccc(C(C)(C)C)cc2)n[nH]1. The lowest BCUT2D eigenvalue weighted by molar-refractivity contribution is 0.0587. The molecule has 0 fully saturated rings. The minimum atomic E-state index is -0.548.